The van der Waals surface area contributed by atoms with Gasteiger partial charge in [0.05, 0.1) is 21.7 Å². The molecule has 5 aromatic heterocycles. The van der Waals surface area contributed by atoms with E-state index in [0.29, 0.717) is 17.0 Å². The normalized spacial score (nSPS) is 12.1. The lowest BCUT2D eigenvalue weighted by Gasteiger charge is -2.16. The first-order chi connectivity index (χ1) is 13.9. The molecule has 146 valence electrons. The van der Waals surface area contributed by atoms with Gasteiger partial charge in [0.2, 0.25) is 5.88 Å². The van der Waals surface area contributed by atoms with E-state index in [4.69, 9.17) is 4.52 Å². The molecule has 5 heterocycles. The Morgan fingerprint density at radius 1 is 1.17 bits per heavy atom. The first kappa shape index (κ1) is 17.7. The number of hydrogen-bond donors (Lipinski definition) is 2. The summed E-state index contributed by atoms with van der Waals surface area (Å²) < 4.78 is 6.69. The van der Waals surface area contributed by atoms with E-state index < -0.39 is 0 Å². The van der Waals surface area contributed by atoms with Crippen LogP contribution in [0.5, 0.6) is 5.88 Å². The molecule has 8 heteroatoms. The molecule has 0 aromatic carbocycles. The van der Waals surface area contributed by atoms with E-state index in [2.05, 4.69) is 41.1 Å². The second-order valence-corrected chi connectivity index (χ2v) is 8.79. The molecular formula is C21H19N5O2S. The fraction of sp³-hybridized carbons (Fsp3) is 0.190. The van der Waals surface area contributed by atoms with Gasteiger partial charge in [-0.3, -0.25) is 9.67 Å². The van der Waals surface area contributed by atoms with Crippen LogP contribution in [0.4, 0.5) is 0 Å². The Hall–Kier alpha value is -3.39. The summed E-state index contributed by atoms with van der Waals surface area (Å²) in [6.45, 7) is 6.33. The van der Waals surface area contributed by atoms with E-state index in [1.165, 1.54) is 6.26 Å². The molecule has 0 unspecified atom stereocenters. The predicted octanol–water partition coefficient (Wildman–Crippen LogP) is 5.14. The molecule has 0 fully saturated rings. The maximum Gasteiger partial charge on any atom is 0.224 e. The van der Waals surface area contributed by atoms with Gasteiger partial charge < -0.3 is 9.63 Å². The molecule has 0 amide bonds. The molecule has 0 aliphatic heterocycles. The van der Waals surface area contributed by atoms with Gasteiger partial charge in [-0.15, -0.1) is 11.3 Å². The van der Waals surface area contributed by atoms with Crippen molar-refractivity contribution >= 4 is 22.2 Å². The molecule has 0 radical (unpaired) electrons. The molecule has 0 saturated carbocycles. The van der Waals surface area contributed by atoms with Gasteiger partial charge in [-0.1, -0.05) is 32.0 Å². The lowest BCUT2D eigenvalue weighted by Crippen LogP contribution is -2.12. The summed E-state index contributed by atoms with van der Waals surface area (Å²) in [5.74, 6) is 0.704. The number of fused-ring (bicyclic) bond motifs is 1. The zero-order chi connectivity index (χ0) is 20.2. The summed E-state index contributed by atoms with van der Waals surface area (Å²) in [7, 11) is 0. The fourth-order valence-electron chi connectivity index (χ4n) is 3.51. The van der Waals surface area contributed by atoms with Crippen molar-refractivity contribution < 1.29 is 9.63 Å². The molecule has 0 bridgehead atoms. The van der Waals surface area contributed by atoms with Crippen LogP contribution in [0.1, 0.15) is 26.5 Å². The molecule has 7 nitrogen and oxygen atoms in total. The molecule has 5 rings (SSSR count). The average molecular weight is 405 g/mol. The van der Waals surface area contributed by atoms with Crippen molar-refractivity contribution in [3.63, 3.8) is 0 Å². The number of nitrogens with zero attached hydrogens (tertiary/aromatic N) is 4. The van der Waals surface area contributed by atoms with Crippen molar-refractivity contribution in [3.05, 3.63) is 53.9 Å². The highest BCUT2D eigenvalue weighted by Crippen LogP contribution is 2.44. The standard InChI is InChI=1S/C21H19N5O2S/c1-21(2,3)19-16-17(23-24-19)20(27)26(18(16)14-5-4-10-29-14)15-7-6-12(11-22-15)13-8-9-28-25-13/h4-11,23,27H,1-3H3. The lowest BCUT2D eigenvalue weighted by molar-refractivity contribution is 0.422. The monoisotopic (exact) mass is 405 g/mol. The lowest BCUT2D eigenvalue weighted by atomic mass is 9.90. The molecule has 2 N–H and O–H groups in total. The smallest absolute Gasteiger partial charge is 0.224 e. The zero-order valence-corrected chi connectivity index (χ0v) is 17.0. The molecule has 5 aromatic rings. The largest absolute Gasteiger partial charge is 0.493 e. The van der Waals surface area contributed by atoms with Gasteiger partial charge in [-0.05, 0) is 23.6 Å². The van der Waals surface area contributed by atoms with Crippen LogP contribution in [0.3, 0.4) is 0 Å². The second-order valence-electron chi connectivity index (χ2n) is 7.85. The van der Waals surface area contributed by atoms with Crippen molar-refractivity contribution in [2.24, 2.45) is 0 Å². The minimum absolute atomic E-state index is 0.0908. The van der Waals surface area contributed by atoms with Crippen LogP contribution in [0.15, 0.2) is 52.7 Å². The van der Waals surface area contributed by atoms with Gasteiger partial charge in [-0.25, -0.2) is 4.98 Å². The highest BCUT2D eigenvalue weighted by molar-refractivity contribution is 7.13. The summed E-state index contributed by atoms with van der Waals surface area (Å²) in [5.41, 5.74) is 3.77. The van der Waals surface area contributed by atoms with Crippen LogP contribution in [0.2, 0.25) is 0 Å². The number of H-pyrrole nitrogens is 1. The zero-order valence-electron chi connectivity index (χ0n) is 16.2. The van der Waals surface area contributed by atoms with E-state index in [0.717, 1.165) is 27.2 Å². The number of aromatic amines is 1. The minimum Gasteiger partial charge on any atom is -0.493 e. The van der Waals surface area contributed by atoms with E-state index in [-0.39, 0.29) is 11.3 Å². The molecule has 0 aliphatic rings. The fourth-order valence-corrected chi connectivity index (χ4v) is 4.27. The van der Waals surface area contributed by atoms with Crippen LogP contribution in [-0.4, -0.2) is 30.0 Å². The maximum absolute atomic E-state index is 11.1. The van der Waals surface area contributed by atoms with Crippen LogP contribution in [-0.2, 0) is 5.41 Å². The average Bonchev–Trinajstić information content (AvgIpc) is 3.47. The first-order valence-electron chi connectivity index (χ1n) is 9.18. The molecule has 0 aliphatic carbocycles. The Morgan fingerprint density at radius 3 is 2.66 bits per heavy atom. The van der Waals surface area contributed by atoms with E-state index in [9.17, 15) is 5.11 Å². The third-order valence-electron chi connectivity index (χ3n) is 4.84. The summed E-state index contributed by atoms with van der Waals surface area (Å²) in [6, 6.07) is 9.60. The first-order valence-corrected chi connectivity index (χ1v) is 10.1. The summed E-state index contributed by atoms with van der Waals surface area (Å²) >= 11 is 1.61. The van der Waals surface area contributed by atoms with Crippen molar-refractivity contribution in [1.82, 2.24) is 24.9 Å². The van der Waals surface area contributed by atoms with Gasteiger partial charge >= 0.3 is 0 Å². The molecule has 0 saturated heterocycles. The van der Waals surface area contributed by atoms with Gasteiger partial charge in [0.1, 0.15) is 23.3 Å². The van der Waals surface area contributed by atoms with Gasteiger partial charge in [0.15, 0.2) is 0 Å². The van der Waals surface area contributed by atoms with Crippen molar-refractivity contribution in [1.29, 1.82) is 0 Å². The van der Waals surface area contributed by atoms with Gasteiger partial charge in [0, 0.05) is 23.2 Å². The third-order valence-corrected chi connectivity index (χ3v) is 5.71. The SMILES string of the molecule is CC(C)(C)c1n[nH]c2c(O)n(-c3ccc(-c4ccon4)cn3)c(-c3cccs3)c12. The Morgan fingerprint density at radius 2 is 2.03 bits per heavy atom. The Bertz CT molecular complexity index is 1270. The number of aromatic hydroxyl groups is 1. The van der Waals surface area contributed by atoms with Crippen LogP contribution in [0.25, 0.3) is 38.5 Å². The van der Waals surface area contributed by atoms with E-state index in [1.807, 2.05) is 29.6 Å². The van der Waals surface area contributed by atoms with Gasteiger partial charge in [-0.2, -0.15) is 5.10 Å². The van der Waals surface area contributed by atoms with Crippen LogP contribution >= 0.6 is 11.3 Å². The number of nitrogens with one attached hydrogen (secondary N) is 1. The number of aromatic nitrogens is 5. The molecule has 0 atom stereocenters. The number of thiophene rings is 1. The molecule has 29 heavy (non-hydrogen) atoms. The summed E-state index contributed by atoms with van der Waals surface area (Å²) in [4.78, 5) is 5.63. The third kappa shape index (κ3) is 2.75. The Labute approximate surface area is 170 Å². The Balaban J connectivity index is 1.77. The maximum atomic E-state index is 11.1. The molecular weight excluding hydrogens is 386 g/mol. The predicted molar refractivity (Wildman–Crippen MR) is 112 cm³/mol. The van der Waals surface area contributed by atoms with Crippen molar-refractivity contribution in [2.75, 3.05) is 0 Å². The number of hydrogen-bond acceptors (Lipinski definition) is 6. The summed E-state index contributed by atoms with van der Waals surface area (Å²) in [5, 5.41) is 25.5. The highest BCUT2D eigenvalue weighted by Gasteiger charge is 2.30. The summed E-state index contributed by atoms with van der Waals surface area (Å²) in [6.07, 6.45) is 3.25. The van der Waals surface area contributed by atoms with Crippen LogP contribution in [0, 0.1) is 0 Å². The van der Waals surface area contributed by atoms with E-state index in [1.54, 1.807) is 28.2 Å². The minimum atomic E-state index is -0.187. The highest BCUT2D eigenvalue weighted by atomic mass is 32.1. The molecule has 0 spiro atoms. The van der Waals surface area contributed by atoms with Crippen LogP contribution < -0.4 is 0 Å². The van der Waals surface area contributed by atoms with Crippen molar-refractivity contribution in [2.45, 2.75) is 26.2 Å². The van der Waals surface area contributed by atoms with E-state index >= 15 is 0 Å². The quantitative estimate of drug-likeness (QED) is 0.434. The number of rotatable bonds is 3. The number of pyridine rings is 1. The van der Waals surface area contributed by atoms with Gasteiger partial charge in [0.25, 0.3) is 0 Å². The Kier molecular flexibility index (Phi) is 3.85. The second kappa shape index (κ2) is 6.31. The van der Waals surface area contributed by atoms with Crippen molar-refractivity contribution in [3.8, 4) is 33.5 Å². The topological polar surface area (TPSA) is 92.8 Å².